The van der Waals surface area contributed by atoms with Gasteiger partial charge in [-0.05, 0) is 25.3 Å². The molecule has 2 aliphatic rings. The van der Waals surface area contributed by atoms with Gasteiger partial charge in [0.1, 0.15) is 11.6 Å². The van der Waals surface area contributed by atoms with Gasteiger partial charge >= 0.3 is 0 Å². The van der Waals surface area contributed by atoms with E-state index in [0.29, 0.717) is 23.1 Å². The molecule has 7 nitrogen and oxygen atoms in total. The number of H-pyrrole nitrogens is 1. The van der Waals surface area contributed by atoms with Crippen LogP contribution in [0.1, 0.15) is 42.7 Å². The molecule has 2 aromatic rings. The number of aromatic nitrogens is 2. The van der Waals surface area contributed by atoms with Crippen molar-refractivity contribution in [3.63, 3.8) is 0 Å². The topological polar surface area (TPSA) is 87.3 Å². The van der Waals surface area contributed by atoms with E-state index in [9.17, 15) is 9.59 Å². The van der Waals surface area contributed by atoms with Crippen LogP contribution in [-0.2, 0) is 4.79 Å². The monoisotopic (exact) mass is 354 g/mol. The van der Waals surface area contributed by atoms with E-state index in [4.69, 9.17) is 4.74 Å². The lowest BCUT2D eigenvalue weighted by atomic mass is 9.86. The number of benzene rings is 1. The number of anilines is 2. The number of nitrogens with zero attached hydrogens (tertiary/aromatic N) is 2. The molecule has 136 valence electrons. The molecule has 0 saturated carbocycles. The summed E-state index contributed by atoms with van der Waals surface area (Å²) < 4.78 is 5.44. The molecule has 1 amide bonds. The number of carbonyl (C=O) groups is 1. The molecule has 0 bridgehead atoms. The molecule has 1 saturated heterocycles. The minimum Gasteiger partial charge on any atom is -0.496 e. The number of carbonyl (C=O) groups excluding carboxylic acids is 1. The summed E-state index contributed by atoms with van der Waals surface area (Å²) in [5, 5.41) is 2.78. The van der Waals surface area contributed by atoms with Crippen LogP contribution in [0.25, 0.3) is 0 Å². The minimum absolute atomic E-state index is 0.142. The fourth-order valence-electron chi connectivity index (χ4n) is 3.83. The maximum Gasteiger partial charge on any atom is 0.258 e. The fourth-order valence-corrected chi connectivity index (χ4v) is 3.83. The highest BCUT2D eigenvalue weighted by atomic mass is 16.5. The van der Waals surface area contributed by atoms with Gasteiger partial charge in [0.2, 0.25) is 11.9 Å². The number of fused-ring (bicyclic) bond motifs is 1. The molecule has 0 radical (unpaired) electrons. The van der Waals surface area contributed by atoms with Crippen molar-refractivity contribution in [2.45, 2.75) is 31.6 Å². The quantitative estimate of drug-likeness (QED) is 0.883. The van der Waals surface area contributed by atoms with Gasteiger partial charge in [-0.3, -0.25) is 14.6 Å². The van der Waals surface area contributed by atoms with E-state index in [1.54, 1.807) is 7.11 Å². The molecule has 3 heterocycles. The Balaban J connectivity index is 1.80. The van der Waals surface area contributed by atoms with Crippen LogP contribution in [0, 0.1) is 0 Å². The highest BCUT2D eigenvalue weighted by Gasteiger charge is 2.33. The number of methoxy groups -OCH3 is 1. The van der Waals surface area contributed by atoms with Crippen LogP contribution in [0.2, 0.25) is 0 Å². The van der Waals surface area contributed by atoms with Crippen molar-refractivity contribution >= 4 is 17.7 Å². The third-order valence-electron chi connectivity index (χ3n) is 5.11. The molecule has 0 aliphatic carbocycles. The number of hydrogen-bond acceptors (Lipinski definition) is 5. The van der Waals surface area contributed by atoms with E-state index in [1.807, 2.05) is 24.3 Å². The maximum atomic E-state index is 12.9. The Hall–Kier alpha value is -2.83. The lowest BCUT2D eigenvalue weighted by Gasteiger charge is -2.30. The molecular formula is C19H22N4O3. The van der Waals surface area contributed by atoms with Crippen molar-refractivity contribution in [1.82, 2.24) is 9.97 Å². The number of rotatable bonds is 3. The van der Waals surface area contributed by atoms with Crippen molar-refractivity contribution in [3.8, 4) is 5.75 Å². The molecule has 2 N–H and O–H groups in total. The summed E-state index contributed by atoms with van der Waals surface area (Å²) in [5.74, 6) is 1.05. The Morgan fingerprint density at radius 2 is 1.92 bits per heavy atom. The molecule has 1 atom stereocenters. The number of aromatic amines is 1. The van der Waals surface area contributed by atoms with Crippen LogP contribution in [0.15, 0.2) is 29.1 Å². The zero-order valence-electron chi connectivity index (χ0n) is 14.7. The Labute approximate surface area is 151 Å². The molecule has 0 unspecified atom stereocenters. The Kier molecular flexibility index (Phi) is 4.36. The van der Waals surface area contributed by atoms with Crippen LogP contribution < -0.4 is 20.5 Å². The number of para-hydroxylation sites is 1. The minimum atomic E-state index is -0.374. The second-order valence-electron chi connectivity index (χ2n) is 6.75. The van der Waals surface area contributed by atoms with Gasteiger partial charge in [-0.25, -0.2) is 0 Å². The Bertz CT molecular complexity index is 887. The molecule has 26 heavy (non-hydrogen) atoms. The average Bonchev–Trinajstić information content (AvgIpc) is 2.67. The molecule has 0 spiro atoms. The van der Waals surface area contributed by atoms with Crippen molar-refractivity contribution in [2.75, 3.05) is 30.4 Å². The number of ether oxygens (including phenoxy) is 1. The molecule has 4 rings (SSSR count). The van der Waals surface area contributed by atoms with Crippen molar-refractivity contribution < 1.29 is 9.53 Å². The highest BCUT2D eigenvalue weighted by molar-refractivity contribution is 5.94. The SMILES string of the molecule is COc1ccccc1[C@@H]1CC(=O)Nc2nc(N3CCCCC3)[nH]c(=O)c21. The summed E-state index contributed by atoms with van der Waals surface area (Å²) in [6, 6.07) is 7.48. The van der Waals surface area contributed by atoms with E-state index in [0.717, 1.165) is 31.5 Å². The Morgan fingerprint density at radius 1 is 1.15 bits per heavy atom. The van der Waals surface area contributed by atoms with Crippen molar-refractivity contribution in [3.05, 3.63) is 45.7 Å². The average molecular weight is 354 g/mol. The summed E-state index contributed by atoms with van der Waals surface area (Å²) >= 11 is 0. The van der Waals surface area contributed by atoms with Crippen molar-refractivity contribution in [2.24, 2.45) is 0 Å². The van der Waals surface area contributed by atoms with E-state index in [1.165, 1.54) is 6.42 Å². The van der Waals surface area contributed by atoms with Crippen molar-refractivity contribution in [1.29, 1.82) is 0 Å². The van der Waals surface area contributed by atoms with Crippen LogP contribution in [0.3, 0.4) is 0 Å². The predicted octanol–water partition coefficient (Wildman–Crippen LogP) is 2.24. The van der Waals surface area contributed by atoms with Crippen LogP contribution in [0.4, 0.5) is 11.8 Å². The Morgan fingerprint density at radius 3 is 2.69 bits per heavy atom. The smallest absolute Gasteiger partial charge is 0.258 e. The molecular weight excluding hydrogens is 332 g/mol. The van der Waals surface area contributed by atoms with Gasteiger partial charge in [-0.2, -0.15) is 4.98 Å². The van der Waals surface area contributed by atoms with Gasteiger partial charge in [-0.1, -0.05) is 18.2 Å². The first-order chi connectivity index (χ1) is 12.7. The van der Waals surface area contributed by atoms with Gasteiger partial charge in [0.05, 0.1) is 12.7 Å². The van der Waals surface area contributed by atoms with Gasteiger partial charge in [0.25, 0.3) is 5.56 Å². The van der Waals surface area contributed by atoms with Gasteiger partial charge < -0.3 is 15.0 Å². The van der Waals surface area contributed by atoms with Gasteiger partial charge in [-0.15, -0.1) is 0 Å². The molecule has 2 aliphatic heterocycles. The molecule has 1 aromatic carbocycles. The lowest BCUT2D eigenvalue weighted by molar-refractivity contribution is -0.116. The van der Waals surface area contributed by atoms with E-state index >= 15 is 0 Å². The van der Waals surface area contributed by atoms with E-state index in [2.05, 4.69) is 20.2 Å². The third-order valence-corrected chi connectivity index (χ3v) is 5.11. The summed E-state index contributed by atoms with van der Waals surface area (Å²) in [5.41, 5.74) is 1.12. The molecule has 7 heteroatoms. The first kappa shape index (κ1) is 16.6. The predicted molar refractivity (Wildman–Crippen MR) is 99.0 cm³/mol. The normalized spacial score (nSPS) is 19.7. The molecule has 1 fully saturated rings. The standard InChI is InChI=1S/C19H22N4O3/c1-26-14-8-4-3-7-12(14)13-11-15(24)20-17-16(13)18(25)22-19(21-17)23-9-5-2-6-10-23/h3-4,7-8,13H,2,5-6,9-11H2,1H3,(H2,20,21,22,24,25)/t13-/m0/s1. The summed E-state index contributed by atoms with van der Waals surface area (Å²) in [6.45, 7) is 1.73. The number of piperidine rings is 1. The second kappa shape index (κ2) is 6.82. The molecule has 1 aromatic heterocycles. The lowest BCUT2D eigenvalue weighted by Crippen LogP contribution is -2.36. The van der Waals surface area contributed by atoms with Crippen LogP contribution >= 0.6 is 0 Å². The zero-order valence-corrected chi connectivity index (χ0v) is 14.7. The number of amides is 1. The van der Waals surface area contributed by atoms with E-state index < -0.39 is 0 Å². The first-order valence-corrected chi connectivity index (χ1v) is 8.99. The largest absolute Gasteiger partial charge is 0.496 e. The second-order valence-corrected chi connectivity index (χ2v) is 6.75. The van der Waals surface area contributed by atoms with Crippen LogP contribution in [0.5, 0.6) is 5.75 Å². The number of nitrogens with one attached hydrogen (secondary N) is 2. The number of hydrogen-bond donors (Lipinski definition) is 2. The first-order valence-electron chi connectivity index (χ1n) is 8.99. The summed E-state index contributed by atoms with van der Waals surface area (Å²) in [6.07, 6.45) is 3.55. The third kappa shape index (κ3) is 2.94. The van der Waals surface area contributed by atoms with E-state index in [-0.39, 0.29) is 23.8 Å². The van der Waals surface area contributed by atoms with Crippen LogP contribution in [-0.4, -0.2) is 36.1 Å². The summed E-state index contributed by atoms with van der Waals surface area (Å²) in [7, 11) is 1.59. The fraction of sp³-hybridized carbons (Fsp3) is 0.421. The summed E-state index contributed by atoms with van der Waals surface area (Å²) in [4.78, 5) is 34.8. The maximum absolute atomic E-state index is 12.9. The highest BCUT2D eigenvalue weighted by Crippen LogP contribution is 2.38. The van der Waals surface area contributed by atoms with Gasteiger partial charge in [0, 0.05) is 31.0 Å². The zero-order chi connectivity index (χ0) is 18.1. The van der Waals surface area contributed by atoms with Gasteiger partial charge in [0.15, 0.2) is 0 Å².